The predicted octanol–water partition coefficient (Wildman–Crippen LogP) is 8.83. The van der Waals surface area contributed by atoms with Gasteiger partial charge in [0.2, 0.25) is 0 Å². The molecule has 0 amide bonds. The first-order valence-corrected chi connectivity index (χ1v) is 13.6. The van der Waals surface area contributed by atoms with E-state index in [9.17, 15) is 5.11 Å². The summed E-state index contributed by atoms with van der Waals surface area (Å²) < 4.78 is 0. The minimum atomic E-state index is 0.320. The normalized spacial score (nSPS) is 10.2. The van der Waals surface area contributed by atoms with Gasteiger partial charge in [0.25, 0.3) is 0 Å². The molecule has 192 valence electrons. The smallest absolute Gasteiger partial charge is 0.116 e. The fourth-order valence-corrected chi connectivity index (χ4v) is 3.60. The number of nitrogens with one attached hydrogen (secondary N) is 1. The molecule has 0 spiro atoms. The Morgan fingerprint density at radius 2 is 1.38 bits per heavy atom. The zero-order chi connectivity index (χ0) is 26.5. The topological polar surface area (TPSA) is 24.7 Å². The molecule has 0 fully saturated rings. The maximum atomic E-state index is 9.94. The number of quaternary nitrogens is 1. The van der Waals surface area contributed by atoms with Crippen molar-refractivity contribution in [2.45, 2.75) is 95.0 Å². The maximum absolute atomic E-state index is 9.94. The Hall–Kier alpha value is -2.32. The van der Waals surface area contributed by atoms with Crippen molar-refractivity contribution in [3.8, 4) is 16.9 Å². The molecule has 3 rings (SSSR count). The van der Waals surface area contributed by atoms with Gasteiger partial charge in [-0.3, -0.25) is 0 Å². The summed E-state index contributed by atoms with van der Waals surface area (Å²) in [5, 5.41) is 12.5. The molecular formula is C32H54NO+. The van der Waals surface area contributed by atoms with Gasteiger partial charge >= 0.3 is 0 Å². The average Bonchev–Trinajstić information content (AvgIpc) is 2.88. The summed E-state index contributed by atoms with van der Waals surface area (Å²) in [5.74, 6) is 0.320. The first-order chi connectivity index (χ1) is 16.5. The van der Waals surface area contributed by atoms with Crippen molar-refractivity contribution in [2.24, 2.45) is 0 Å². The number of hydrogen-bond acceptors (Lipinski definition) is 1. The van der Waals surface area contributed by atoms with Crippen LogP contribution in [0.4, 0.5) is 0 Å². The van der Waals surface area contributed by atoms with E-state index in [0.717, 1.165) is 12.1 Å². The number of aromatic hydroxyl groups is 1. The third kappa shape index (κ3) is 11.2. The number of benzene rings is 3. The lowest BCUT2D eigenvalue weighted by molar-refractivity contribution is -0.893. The fourth-order valence-electron chi connectivity index (χ4n) is 3.60. The molecule has 0 heterocycles. The Kier molecular flexibility index (Phi) is 21.1. The number of phenols is 1. The number of unbranched alkanes of at least 4 members (excludes halogenated alkanes) is 1. The summed E-state index contributed by atoms with van der Waals surface area (Å²) in [6.45, 7) is 22.9. The number of hydrogen-bond donors (Lipinski definition) is 2. The molecule has 1 atom stereocenters. The Bertz CT molecular complexity index is 885. The highest BCUT2D eigenvalue weighted by atomic mass is 16.3. The highest BCUT2D eigenvalue weighted by molar-refractivity contribution is 5.92. The molecule has 3 aromatic carbocycles. The van der Waals surface area contributed by atoms with Gasteiger partial charge in [0.15, 0.2) is 0 Å². The zero-order valence-electron chi connectivity index (χ0n) is 24.2. The fraction of sp³-hybridized carbons (Fsp3) is 0.500. The van der Waals surface area contributed by atoms with Gasteiger partial charge in [-0.15, -0.1) is 0 Å². The largest absolute Gasteiger partial charge is 0.508 e. The van der Waals surface area contributed by atoms with E-state index >= 15 is 0 Å². The summed E-state index contributed by atoms with van der Waals surface area (Å²) in [7, 11) is 2.27. The van der Waals surface area contributed by atoms with Crippen LogP contribution >= 0.6 is 0 Å². The van der Waals surface area contributed by atoms with Crippen LogP contribution in [0.2, 0.25) is 0 Å². The van der Waals surface area contributed by atoms with Crippen LogP contribution in [0.3, 0.4) is 0 Å². The molecule has 2 heteroatoms. The standard InChI is InChI=1S/C23H27NO.C3H8.3C2H6/c1-4-5-13-24(3)16-23-17(2)21-12-7-6-9-19(21)15-22(23)18-10-8-11-20(25)14-18;1-3-2;3*1-2/h6-12,14-15,25H,4-5,13,16H2,1-3H3;3H2,1-2H3;3*1-2H3/p+1. The third-order valence-corrected chi connectivity index (χ3v) is 5.04. The molecule has 3 aromatic rings. The van der Waals surface area contributed by atoms with Gasteiger partial charge in [0, 0.05) is 5.56 Å². The summed E-state index contributed by atoms with van der Waals surface area (Å²) in [6.07, 6.45) is 3.73. The Morgan fingerprint density at radius 1 is 0.794 bits per heavy atom. The lowest BCUT2D eigenvalue weighted by atomic mass is 9.90. The van der Waals surface area contributed by atoms with Gasteiger partial charge in [0.1, 0.15) is 12.3 Å². The van der Waals surface area contributed by atoms with E-state index in [4.69, 9.17) is 0 Å². The Morgan fingerprint density at radius 3 is 1.94 bits per heavy atom. The molecule has 2 N–H and O–H groups in total. The molecule has 0 aliphatic carbocycles. The molecule has 0 saturated carbocycles. The van der Waals surface area contributed by atoms with Crippen molar-refractivity contribution < 1.29 is 10.0 Å². The minimum Gasteiger partial charge on any atom is -0.508 e. The van der Waals surface area contributed by atoms with Crippen molar-refractivity contribution in [1.82, 2.24) is 0 Å². The van der Waals surface area contributed by atoms with Gasteiger partial charge in [-0.1, -0.05) is 112 Å². The van der Waals surface area contributed by atoms with E-state index in [1.165, 1.54) is 58.2 Å². The molecule has 0 bridgehead atoms. The van der Waals surface area contributed by atoms with Crippen molar-refractivity contribution >= 4 is 10.8 Å². The molecule has 0 aromatic heterocycles. The average molecular weight is 469 g/mol. The lowest BCUT2D eigenvalue weighted by Gasteiger charge is -2.20. The first kappa shape index (κ1) is 33.9. The van der Waals surface area contributed by atoms with E-state index in [2.05, 4.69) is 71.1 Å². The highest BCUT2D eigenvalue weighted by Gasteiger charge is 2.16. The van der Waals surface area contributed by atoms with Crippen molar-refractivity contribution in [2.75, 3.05) is 13.6 Å². The van der Waals surface area contributed by atoms with E-state index in [0.29, 0.717) is 5.75 Å². The number of fused-ring (bicyclic) bond motifs is 1. The monoisotopic (exact) mass is 468 g/mol. The number of rotatable bonds is 6. The Balaban J connectivity index is 0. The van der Waals surface area contributed by atoms with Crippen LogP contribution in [0.15, 0.2) is 54.6 Å². The lowest BCUT2D eigenvalue weighted by Crippen LogP contribution is -3.07. The van der Waals surface area contributed by atoms with Crippen molar-refractivity contribution in [3.63, 3.8) is 0 Å². The highest BCUT2D eigenvalue weighted by Crippen LogP contribution is 2.33. The minimum absolute atomic E-state index is 0.320. The van der Waals surface area contributed by atoms with Crippen LogP contribution in [-0.2, 0) is 6.54 Å². The maximum Gasteiger partial charge on any atom is 0.116 e. The molecule has 0 saturated heterocycles. The van der Waals surface area contributed by atoms with E-state index < -0.39 is 0 Å². The molecule has 2 nitrogen and oxygen atoms in total. The summed E-state index contributed by atoms with van der Waals surface area (Å²) in [6, 6.07) is 18.5. The van der Waals surface area contributed by atoms with Crippen LogP contribution in [0.25, 0.3) is 21.9 Å². The SMILES string of the molecule is CC.CC.CC.CCC.CCCC[NH+](C)Cc1c(-c2cccc(O)c2)cc2ccccc2c1C. The first-order valence-electron chi connectivity index (χ1n) is 13.6. The van der Waals surface area contributed by atoms with Crippen LogP contribution in [0.1, 0.15) is 92.7 Å². The second-order valence-electron chi connectivity index (χ2n) is 7.74. The molecule has 1 unspecified atom stereocenters. The van der Waals surface area contributed by atoms with Crippen molar-refractivity contribution in [3.05, 3.63) is 65.7 Å². The number of aryl methyl sites for hydroxylation is 1. The summed E-state index contributed by atoms with van der Waals surface area (Å²) in [5.41, 5.74) is 5.07. The second kappa shape index (κ2) is 21.2. The molecule has 0 radical (unpaired) electrons. The van der Waals surface area contributed by atoms with Gasteiger partial charge in [-0.05, 0) is 59.0 Å². The summed E-state index contributed by atoms with van der Waals surface area (Å²) >= 11 is 0. The number of phenolic OH excluding ortho intramolecular Hbond substituents is 1. The van der Waals surface area contributed by atoms with Gasteiger partial charge in [0.05, 0.1) is 13.6 Å². The van der Waals surface area contributed by atoms with Crippen molar-refractivity contribution in [1.29, 1.82) is 0 Å². The van der Waals surface area contributed by atoms with E-state index in [1.807, 2.05) is 53.7 Å². The Labute approximate surface area is 212 Å². The van der Waals surface area contributed by atoms with Crippen LogP contribution < -0.4 is 4.90 Å². The molecule has 0 aliphatic rings. The predicted molar refractivity (Wildman–Crippen MR) is 156 cm³/mol. The van der Waals surface area contributed by atoms with Gasteiger partial charge < -0.3 is 10.0 Å². The third-order valence-electron chi connectivity index (χ3n) is 5.04. The second-order valence-corrected chi connectivity index (χ2v) is 7.74. The quantitative estimate of drug-likeness (QED) is 0.371. The van der Waals surface area contributed by atoms with E-state index in [1.54, 1.807) is 6.07 Å². The van der Waals surface area contributed by atoms with E-state index in [-0.39, 0.29) is 0 Å². The van der Waals surface area contributed by atoms with Crippen LogP contribution in [0.5, 0.6) is 5.75 Å². The van der Waals surface area contributed by atoms with Gasteiger partial charge in [-0.2, -0.15) is 0 Å². The van der Waals surface area contributed by atoms with Crippen LogP contribution in [0, 0.1) is 6.92 Å². The molecule has 0 aliphatic heterocycles. The molecular weight excluding hydrogens is 414 g/mol. The van der Waals surface area contributed by atoms with Crippen LogP contribution in [-0.4, -0.2) is 18.7 Å². The molecule has 34 heavy (non-hydrogen) atoms. The summed E-state index contributed by atoms with van der Waals surface area (Å²) in [4.78, 5) is 1.53. The van der Waals surface area contributed by atoms with Gasteiger partial charge in [-0.25, -0.2) is 0 Å². The zero-order valence-corrected chi connectivity index (χ0v) is 24.2.